The standard InChI is InChI=1S/C21H40/c1-9-11-12-18(5)13-15-21(8,14-10-2)20(7)19(6)16-17(3)4/h10,17-19H,2,7,9,11-16H2,1,3-6,8H3. The molecule has 0 aliphatic heterocycles. The summed E-state index contributed by atoms with van der Waals surface area (Å²) in [6.45, 7) is 22.5. The van der Waals surface area contributed by atoms with E-state index in [0.29, 0.717) is 5.92 Å². The Labute approximate surface area is 135 Å². The normalized spacial score (nSPS) is 17.3. The van der Waals surface area contributed by atoms with Gasteiger partial charge >= 0.3 is 0 Å². The molecule has 0 N–H and O–H groups in total. The average Bonchev–Trinajstić information content (AvgIpc) is 2.41. The second kappa shape index (κ2) is 10.2. The van der Waals surface area contributed by atoms with E-state index in [0.717, 1.165) is 18.3 Å². The van der Waals surface area contributed by atoms with Gasteiger partial charge in [0, 0.05) is 0 Å². The number of hydrogen-bond acceptors (Lipinski definition) is 0. The van der Waals surface area contributed by atoms with E-state index < -0.39 is 0 Å². The van der Waals surface area contributed by atoms with Crippen LogP contribution in [0.15, 0.2) is 24.8 Å². The average molecular weight is 293 g/mol. The fraction of sp³-hybridized carbons (Fsp3) is 0.810. The largest absolute Gasteiger partial charge is 0.103 e. The van der Waals surface area contributed by atoms with Crippen LogP contribution in [-0.2, 0) is 0 Å². The molecule has 21 heavy (non-hydrogen) atoms. The Morgan fingerprint density at radius 2 is 1.76 bits per heavy atom. The Hall–Kier alpha value is -0.520. The number of unbranched alkanes of at least 4 members (excludes halogenated alkanes) is 1. The summed E-state index contributed by atoms with van der Waals surface area (Å²) >= 11 is 0. The molecule has 0 nitrogen and oxygen atoms in total. The van der Waals surface area contributed by atoms with Crippen LogP contribution in [0.4, 0.5) is 0 Å². The first-order valence-corrected chi connectivity index (χ1v) is 9.07. The van der Waals surface area contributed by atoms with Gasteiger partial charge in [-0.3, -0.25) is 0 Å². The maximum Gasteiger partial charge on any atom is -0.00820 e. The Morgan fingerprint density at radius 1 is 1.14 bits per heavy atom. The van der Waals surface area contributed by atoms with Gasteiger partial charge in [-0.05, 0) is 48.9 Å². The van der Waals surface area contributed by atoms with E-state index in [2.05, 4.69) is 60.8 Å². The summed E-state index contributed by atoms with van der Waals surface area (Å²) in [6, 6.07) is 0. The van der Waals surface area contributed by atoms with Crippen molar-refractivity contribution < 1.29 is 0 Å². The molecule has 0 aliphatic rings. The van der Waals surface area contributed by atoms with Gasteiger partial charge in [0.05, 0.1) is 0 Å². The lowest BCUT2D eigenvalue weighted by Gasteiger charge is -2.36. The van der Waals surface area contributed by atoms with Crippen LogP contribution in [-0.4, -0.2) is 0 Å². The van der Waals surface area contributed by atoms with Gasteiger partial charge in [0.25, 0.3) is 0 Å². The van der Waals surface area contributed by atoms with Crippen LogP contribution in [0.3, 0.4) is 0 Å². The fourth-order valence-electron chi connectivity index (χ4n) is 3.42. The minimum absolute atomic E-state index is 0.233. The highest BCUT2D eigenvalue weighted by atomic mass is 14.3. The first kappa shape index (κ1) is 20.5. The van der Waals surface area contributed by atoms with Gasteiger partial charge in [-0.15, -0.1) is 6.58 Å². The highest BCUT2D eigenvalue weighted by Gasteiger charge is 2.29. The topological polar surface area (TPSA) is 0 Å². The molecular formula is C21H40. The number of allylic oxidation sites excluding steroid dienone is 2. The molecule has 0 aromatic rings. The SMILES string of the molecule is C=CCC(C)(CCC(C)CCCC)C(=C)C(C)CC(C)C. The molecule has 124 valence electrons. The Balaban J connectivity index is 4.66. The lowest BCUT2D eigenvalue weighted by molar-refractivity contribution is 0.284. The second-order valence-corrected chi connectivity index (χ2v) is 7.90. The summed E-state index contributed by atoms with van der Waals surface area (Å²) in [5.74, 6) is 2.19. The summed E-state index contributed by atoms with van der Waals surface area (Å²) in [5, 5.41) is 0. The predicted molar refractivity (Wildman–Crippen MR) is 98.6 cm³/mol. The first-order valence-electron chi connectivity index (χ1n) is 9.07. The van der Waals surface area contributed by atoms with Crippen molar-refractivity contribution in [1.29, 1.82) is 0 Å². The molecule has 0 heteroatoms. The van der Waals surface area contributed by atoms with Crippen molar-refractivity contribution in [2.75, 3.05) is 0 Å². The first-order chi connectivity index (χ1) is 9.76. The van der Waals surface area contributed by atoms with Gasteiger partial charge in [0.2, 0.25) is 0 Å². The second-order valence-electron chi connectivity index (χ2n) is 7.90. The summed E-state index contributed by atoms with van der Waals surface area (Å²) in [7, 11) is 0. The molecule has 0 bridgehead atoms. The van der Waals surface area contributed by atoms with Crippen molar-refractivity contribution in [2.45, 2.75) is 86.5 Å². The van der Waals surface area contributed by atoms with Gasteiger partial charge in [-0.1, -0.05) is 79.0 Å². The molecule has 0 fully saturated rings. The molecule has 0 radical (unpaired) electrons. The van der Waals surface area contributed by atoms with E-state index in [9.17, 15) is 0 Å². The molecule has 0 spiro atoms. The van der Waals surface area contributed by atoms with Crippen LogP contribution in [0.25, 0.3) is 0 Å². The number of rotatable bonds is 12. The molecule has 0 aromatic heterocycles. The highest BCUT2D eigenvalue weighted by molar-refractivity contribution is 5.14. The molecule has 0 heterocycles. The lowest BCUT2D eigenvalue weighted by atomic mass is 9.69. The Bertz CT molecular complexity index is 299. The van der Waals surface area contributed by atoms with E-state index in [4.69, 9.17) is 0 Å². The molecular weight excluding hydrogens is 252 g/mol. The maximum atomic E-state index is 4.49. The predicted octanol–water partition coefficient (Wildman–Crippen LogP) is 7.41. The van der Waals surface area contributed by atoms with Crippen LogP contribution in [0.5, 0.6) is 0 Å². The van der Waals surface area contributed by atoms with E-state index in [1.54, 1.807) is 0 Å². The van der Waals surface area contributed by atoms with Crippen LogP contribution >= 0.6 is 0 Å². The third-order valence-electron chi connectivity index (χ3n) is 5.03. The minimum Gasteiger partial charge on any atom is -0.103 e. The van der Waals surface area contributed by atoms with E-state index in [-0.39, 0.29) is 5.41 Å². The third kappa shape index (κ3) is 7.88. The molecule has 0 aromatic carbocycles. The van der Waals surface area contributed by atoms with E-state index in [1.165, 1.54) is 44.1 Å². The van der Waals surface area contributed by atoms with Crippen molar-refractivity contribution in [2.24, 2.45) is 23.2 Å². The lowest BCUT2D eigenvalue weighted by Crippen LogP contribution is -2.24. The van der Waals surface area contributed by atoms with Crippen LogP contribution < -0.4 is 0 Å². The molecule has 0 aliphatic carbocycles. The number of hydrogen-bond donors (Lipinski definition) is 0. The quantitative estimate of drug-likeness (QED) is 0.328. The van der Waals surface area contributed by atoms with Gasteiger partial charge in [-0.2, -0.15) is 0 Å². The van der Waals surface area contributed by atoms with Crippen molar-refractivity contribution in [1.82, 2.24) is 0 Å². The van der Waals surface area contributed by atoms with Gasteiger partial charge in [0.1, 0.15) is 0 Å². The highest BCUT2D eigenvalue weighted by Crippen LogP contribution is 2.42. The third-order valence-corrected chi connectivity index (χ3v) is 5.03. The van der Waals surface area contributed by atoms with Crippen LogP contribution in [0, 0.1) is 23.2 Å². The van der Waals surface area contributed by atoms with Crippen molar-refractivity contribution in [3.63, 3.8) is 0 Å². The summed E-state index contributed by atoms with van der Waals surface area (Å²) in [6.07, 6.45) is 11.0. The summed E-state index contributed by atoms with van der Waals surface area (Å²) in [4.78, 5) is 0. The van der Waals surface area contributed by atoms with Gasteiger partial charge < -0.3 is 0 Å². The van der Waals surface area contributed by atoms with Crippen molar-refractivity contribution >= 4 is 0 Å². The van der Waals surface area contributed by atoms with Gasteiger partial charge in [0.15, 0.2) is 0 Å². The summed E-state index contributed by atoms with van der Waals surface area (Å²) in [5.41, 5.74) is 1.68. The molecule has 0 saturated heterocycles. The van der Waals surface area contributed by atoms with E-state index >= 15 is 0 Å². The smallest absolute Gasteiger partial charge is 0.00820 e. The fourth-order valence-corrected chi connectivity index (χ4v) is 3.42. The van der Waals surface area contributed by atoms with Crippen molar-refractivity contribution in [3.8, 4) is 0 Å². The minimum atomic E-state index is 0.233. The van der Waals surface area contributed by atoms with Crippen molar-refractivity contribution in [3.05, 3.63) is 24.8 Å². The zero-order chi connectivity index (χ0) is 16.5. The molecule has 3 unspecified atom stereocenters. The van der Waals surface area contributed by atoms with Crippen LogP contribution in [0.2, 0.25) is 0 Å². The molecule has 0 rings (SSSR count). The zero-order valence-corrected chi connectivity index (χ0v) is 15.7. The van der Waals surface area contributed by atoms with E-state index in [1.807, 2.05) is 0 Å². The Kier molecular flexibility index (Phi) is 9.99. The molecule has 0 amide bonds. The van der Waals surface area contributed by atoms with Gasteiger partial charge in [-0.25, -0.2) is 0 Å². The molecule has 0 saturated carbocycles. The zero-order valence-electron chi connectivity index (χ0n) is 15.7. The Morgan fingerprint density at radius 3 is 2.24 bits per heavy atom. The summed E-state index contributed by atoms with van der Waals surface area (Å²) < 4.78 is 0. The monoisotopic (exact) mass is 292 g/mol. The maximum absolute atomic E-state index is 4.49. The molecule has 3 atom stereocenters. The van der Waals surface area contributed by atoms with Crippen LogP contribution in [0.1, 0.15) is 86.5 Å².